The topological polar surface area (TPSA) is 26.3 Å². The van der Waals surface area contributed by atoms with Crippen LogP contribution in [-0.4, -0.2) is 12.9 Å². The zero-order valence-corrected chi connectivity index (χ0v) is 8.82. The van der Waals surface area contributed by atoms with Crippen LogP contribution in [0.25, 0.3) is 0 Å². The van der Waals surface area contributed by atoms with Crippen molar-refractivity contribution in [1.82, 2.24) is 0 Å². The SMILES string of the molecule is O=CCc1ccccc1C1CCCCO1. The number of hydrogen-bond donors (Lipinski definition) is 0. The van der Waals surface area contributed by atoms with Crippen molar-refractivity contribution in [3.8, 4) is 0 Å². The highest BCUT2D eigenvalue weighted by Gasteiger charge is 2.18. The van der Waals surface area contributed by atoms with Gasteiger partial charge in [0.05, 0.1) is 6.10 Å². The number of carbonyl (C=O) groups excluding carboxylic acids is 1. The fourth-order valence-corrected chi connectivity index (χ4v) is 2.11. The molecule has 1 saturated heterocycles. The Balaban J connectivity index is 2.20. The summed E-state index contributed by atoms with van der Waals surface area (Å²) in [6.07, 6.45) is 5.12. The van der Waals surface area contributed by atoms with E-state index in [-0.39, 0.29) is 6.10 Å². The second kappa shape index (κ2) is 5.08. The van der Waals surface area contributed by atoms with Crippen molar-refractivity contribution in [2.45, 2.75) is 31.8 Å². The van der Waals surface area contributed by atoms with Gasteiger partial charge in [0.15, 0.2) is 0 Å². The first-order chi connectivity index (χ1) is 7.42. The van der Waals surface area contributed by atoms with Crippen molar-refractivity contribution in [2.75, 3.05) is 6.61 Å². The van der Waals surface area contributed by atoms with Crippen LogP contribution in [0.4, 0.5) is 0 Å². The zero-order chi connectivity index (χ0) is 10.5. The van der Waals surface area contributed by atoms with E-state index >= 15 is 0 Å². The van der Waals surface area contributed by atoms with Gasteiger partial charge in [0.25, 0.3) is 0 Å². The summed E-state index contributed by atoms with van der Waals surface area (Å²) in [4.78, 5) is 10.6. The van der Waals surface area contributed by atoms with E-state index in [4.69, 9.17) is 4.74 Å². The third-order valence-electron chi connectivity index (χ3n) is 2.88. The van der Waals surface area contributed by atoms with Gasteiger partial charge in [-0.15, -0.1) is 0 Å². The zero-order valence-electron chi connectivity index (χ0n) is 8.82. The summed E-state index contributed by atoms with van der Waals surface area (Å²) in [7, 11) is 0. The average Bonchev–Trinajstić information content (AvgIpc) is 2.31. The lowest BCUT2D eigenvalue weighted by Gasteiger charge is -2.24. The molecular formula is C13H16O2. The van der Waals surface area contributed by atoms with Gasteiger partial charge in [-0.3, -0.25) is 0 Å². The fourth-order valence-electron chi connectivity index (χ4n) is 2.11. The molecule has 2 heteroatoms. The van der Waals surface area contributed by atoms with Crippen LogP contribution in [0.3, 0.4) is 0 Å². The van der Waals surface area contributed by atoms with E-state index in [1.54, 1.807) is 0 Å². The van der Waals surface area contributed by atoms with Crippen LogP contribution in [-0.2, 0) is 16.0 Å². The van der Waals surface area contributed by atoms with Crippen molar-refractivity contribution in [1.29, 1.82) is 0 Å². The Labute approximate surface area is 90.3 Å². The number of aldehydes is 1. The van der Waals surface area contributed by atoms with E-state index in [1.165, 1.54) is 12.0 Å². The Hall–Kier alpha value is -1.15. The molecule has 15 heavy (non-hydrogen) atoms. The van der Waals surface area contributed by atoms with Crippen molar-refractivity contribution in [3.05, 3.63) is 35.4 Å². The number of benzene rings is 1. The van der Waals surface area contributed by atoms with E-state index in [1.807, 2.05) is 18.2 Å². The molecular weight excluding hydrogens is 188 g/mol. The van der Waals surface area contributed by atoms with Crippen molar-refractivity contribution < 1.29 is 9.53 Å². The van der Waals surface area contributed by atoms with Crippen LogP contribution in [0.15, 0.2) is 24.3 Å². The van der Waals surface area contributed by atoms with Gasteiger partial charge in [-0.1, -0.05) is 24.3 Å². The summed E-state index contributed by atoms with van der Waals surface area (Å²) in [5.41, 5.74) is 2.31. The van der Waals surface area contributed by atoms with Gasteiger partial charge in [-0.05, 0) is 30.4 Å². The van der Waals surface area contributed by atoms with Crippen LogP contribution < -0.4 is 0 Å². The lowest BCUT2D eigenvalue weighted by Crippen LogP contribution is -2.13. The van der Waals surface area contributed by atoms with Crippen LogP contribution in [0.5, 0.6) is 0 Å². The van der Waals surface area contributed by atoms with Crippen molar-refractivity contribution >= 4 is 6.29 Å². The molecule has 0 saturated carbocycles. The third kappa shape index (κ3) is 2.45. The smallest absolute Gasteiger partial charge is 0.124 e. The maximum atomic E-state index is 10.6. The van der Waals surface area contributed by atoms with Gasteiger partial charge in [-0.25, -0.2) is 0 Å². The molecule has 0 aromatic heterocycles. The monoisotopic (exact) mass is 204 g/mol. The molecule has 2 nitrogen and oxygen atoms in total. The van der Waals surface area contributed by atoms with Gasteiger partial charge >= 0.3 is 0 Å². The Morgan fingerprint density at radius 3 is 2.93 bits per heavy atom. The first-order valence-electron chi connectivity index (χ1n) is 5.55. The molecule has 0 spiro atoms. The highest BCUT2D eigenvalue weighted by atomic mass is 16.5. The van der Waals surface area contributed by atoms with Gasteiger partial charge in [0.1, 0.15) is 6.29 Å². The molecule has 0 amide bonds. The molecule has 1 fully saturated rings. The lowest BCUT2D eigenvalue weighted by molar-refractivity contribution is -0.107. The maximum Gasteiger partial charge on any atom is 0.124 e. The number of carbonyl (C=O) groups is 1. The van der Waals surface area contributed by atoms with Crippen molar-refractivity contribution in [3.63, 3.8) is 0 Å². The molecule has 0 radical (unpaired) electrons. The second-order valence-electron chi connectivity index (χ2n) is 3.92. The average molecular weight is 204 g/mol. The molecule has 0 aliphatic carbocycles. The quantitative estimate of drug-likeness (QED) is 0.707. The molecule has 1 aromatic rings. The fraction of sp³-hybridized carbons (Fsp3) is 0.462. The summed E-state index contributed by atoms with van der Waals surface area (Å²) in [6, 6.07) is 8.09. The minimum atomic E-state index is 0.204. The number of ether oxygens (including phenoxy) is 1. The van der Waals surface area contributed by atoms with Gasteiger partial charge in [0, 0.05) is 13.0 Å². The number of rotatable bonds is 3. The predicted molar refractivity (Wildman–Crippen MR) is 58.8 cm³/mol. The van der Waals surface area contributed by atoms with E-state index in [0.717, 1.165) is 31.3 Å². The van der Waals surface area contributed by atoms with E-state index in [2.05, 4.69) is 6.07 Å². The molecule has 1 unspecified atom stereocenters. The molecule has 1 aliphatic heterocycles. The lowest BCUT2D eigenvalue weighted by atomic mass is 9.95. The standard InChI is InChI=1S/C13H16O2/c14-9-8-11-5-1-2-6-12(11)13-7-3-4-10-15-13/h1-2,5-6,9,13H,3-4,7-8,10H2. The highest BCUT2D eigenvalue weighted by Crippen LogP contribution is 2.29. The van der Waals surface area contributed by atoms with Gasteiger partial charge in [-0.2, -0.15) is 0 Å². The van der Waals surface area contributed by atoms with Crippen LogP contribution >= 0.6 is 0 Å². The summed E-state index contributed by atoms with van der Waals surface area (Å²) < 4.78 is 5.74. The number of hydrogen-bond acceptors (Lipinski definition) is 2. The maximum absolute atomic E-state index is 10.6. The summed E-state index contributed by atoms with van der Waals surface area (Å²) >= 11 is 0. The Morgan fingerprint density at radius 2 is 2.20 bits per heavy atom. The predicted octanol–water partition coefficient (Wildman–Crippen LogP) is 2.67. The molecule has 1 heterocycles. The minimum Gasteiger partial charge on any atom is -0.374 e. The Kier molecular flexibility index (Phi) is 3.51. The largest absolute Gasteiger partial charge is 0.374 e. The minimum absolute atomic E-state index is 0.204. The van der Waals surface area contributed by atoms with Crippen molar-refractivity contribution in [2.24, 2.45) is 0 Å². The molecule has 2 rings (SSSR count). The molecule has 1 aromatic carbocycles. The summed E-state index contributed by atoms with van der Waals surface area (Å²) in [6.45, 7) is 0.847. The Bertz CT molecular complexity index is 327. The molecule has 0 bridgehead atoms. The van der Waals surface area contributed by atoms with Crippen LogP contribution in [0.2, 0.25) is 0 Å². The second-order valence-corrected chi connectivity index (χ2v) is 3.92. The van der Waals surface area contributed by atoms with E-state index < -0.39 is 0 Å². The van der Waals surface area contributed by atoms with E-state index in [0.29, 0.717) is 6.42 Å². The van der Waals surface area contributed by atoms with Crippen LogP contribution in [0.1, 0.15) is 36.5 Å². The molecule has 1 atom stereocenters. The Morgan fingerprint density at radius 1 is 1.33 bits per heavy atom. The molecule has 1 aliphatic rings. The summed E-state index contributed by atoms with van der Waals surface area (Å²) in [5.74, 6) is 0. The normalized spacial score (nSPS) is 21.2. The van der Waals surface area contributed by atoms with Gasteiger partial charge < -0.3 is 9.53 Å². The molecule has 80 valence electrons. The van der Waals surface area contributed by atoms with E-state index in [9.17, 15) is 4.79 Å². The van der Waals surface area contributed by atoms with Gasteiger partial charge in [0.2, 0.25) is 0 Å². The molecule has 0 N–H and O–H groups in total. The highest BCUT2D eigenvalue weighted by molar-refractivity contribution is 5.56. The summed E-state index contributed by atoms with van der Waals surface area (Å²) in [5, 5.41) is 0. The first-order valence-corrected chi connectivity index (χ1v) is 5.55. The van der Waals surface area contributed by atoms with Crippen LogP contribution in [0, 0.1) is 0 Å². The first kappa shape index (κ1) is 10.4. The third-order valence-corrected chi connectivity index (χ3v) is 2.88.